The molecule has 0 amide bonds. The third kappa shape index (κ3) is 4.21. The molecule has 5 nitrogen and oxygen atoms in total. The lowest BCUT2D eigenvalue weighted by Gasteiger charge is -2.15. The fourth-order valence-electron chi connectivity index (χ4n) is 1.90. The van der Waals surface area contributed by atoms with Gasteiger partial charge in [-0.15, -0.1) is 0 Å². The molecular formula is C14H20BrN3O2Si. The lowest BCUT2D eigenvalue weighted by Crippen LogP contribution is -2.22. The molecule has 0 aliphatic heterocycles. The van der Waals surface area contributed by atoms with E-state index in [1.54, 1.807) is 10.9 Å². The second-order valence-corrected chi connectivity index (χ2v) is 12.3. The maximum Gasteiger partial charge on any atom is 0.194 e. The summed E-state index contributed by atoms with van der Waals surface area (Å²) in [6, 6.07) is 4.78. The van der Waals surface area contributed by atoms with Gasteiger partial charge in [-0.2, -0.15) is 5.10 Å². The fourth-order valence-corrected chi connectivity index (χ4v) is 2.92. The Morgan fingerprint density at radius 3 is 2.86 bits per heavy atom. The van der Waals surface area contributed by atoms with Crippen molar-refractivity contribution in [3.05, 3.63) is 24.0 Å². The third-order valence-corrected chi connectivity index (χ3v) is 5.32. The van der Waals surface area contributed by atoms with Gasteiger partial charge < -0.3 is 4.74 Å². The van der Waals surface area contributed by atoms with Gasteiger partial charge in [0.15, 0.2) is 11.4 Å². The molecule has 0 aromatic carbocycles. The van der Waals surface area contributed by atoms with Gasteiger partial charge in [0, 0.05) is 20.9 Å². The number of ether oxygens (including phenoxy) is 1. The van der Waals surface area contributed by atoms with Crippen LogP contribution in [0.3, 0.4) is 0 Å². The number of hydrogen-bond acceptors (Lipinski definition) is 4. The maximum atomic E-state index is 11.9. The van der Waals surface area contributed by atoms with Gasteiger partial charge in [0.05, 0.1) is 10.7 Å². The molecule has 0 N–H and O–H groups in total. The Morgan fingerprint density at radius 1 is 1.43 bits per heavy atom. The minimum absolute atomic E-state index is 0.0474. The van der Waals surface area contributed by atoms with Crippen LogP contribution in [0.15, 0.2) is 18.3 Å². The lowest BCUT2D eigenvalue weighted by atomic mass is 10.2. The van der Waals surface area contributed by atoms with Crippen molar-refractivity contribution in [1.29, 1.82) is 0 Å². The molecule has 0 aliphatic rings. The van der Waals surface area contributed by atoms with Gasteiger partial charge >= 0.3 is 0 Å². The molecule has 2 aromatic heterocycles. The first kappa shape index (κ1) is 16.3. The zero-order valence-electron chi connectivity index (χ0n) is 12.6. The Kier molecular flexibility index (Phi) is 5.29. The Morgan fingerprint density at radius 2 is 2.19 bits per heavy atom. The molecule has 2 heterocycles. The van der Waals surface area contributed by atoms with Crippen molar-refractivity contribution >= 4 is 40.8 Å². The summed E-state index contributed by atoms with van der Waals surface area (Å²) >= 11 is 3.19. The van der Waals surface area contributed by atoms with Crippen LogP contribution < -0.4 is 0 Å². The number of aromatic nitrogens is 3. The number of fused-ring (bicyclic) bond motifs is 1. The topological polar surface area (TPSA) is 57.0 Å². The van der Waals surface area contributed by atoms with E-state index in [9.17, 15) is 4.79 Å². The van der Waals surface area contributed by atoms with Crippen LogP contribution in [0.5, 0.6) is 0 Å². The van der Waals surface area contributed by atoms with Crippen molar-refractivity contribution < 1.29 is 9.53 Å². The standard InChI is InChI=1S/C14H20BrN3O2Si/c1-21(2,3)8-7-20-10-18-14-11(5-4-6-16-14)13(17-18)12(19)9-15/h4-6H,7-10H2,1-3H3. The second-order valence-electron chi connectivity index (χ2n) is 6.13. The molecule has 2 rings (SSSR count). The van der Waals surface area contributed by atoms with Crippen LogP contribution in [-0.4, -0.2) is 40.6 Å². The highest BCUT2D eigenvalue weighted by Gasteiger charge is 2.17. The van der Waals surface area contributed by atoms with E-state index in [2.05, 4.69) is 45.7 Å². The van der Waals surface area contributed by atoms with E-state index < -0.39 is 8.07 Å². The largest absolute Gasteiger partial charge is 0.359 e. The highest BCUT2D eigenvalue weighted by atomic mass is 79.9. The summed E-state index contributed by atoms with van der Waals surface area (Å²) in [7, 11) is -1.10. The summed E-state index contributed by atoms with van der Waals surface area (Å²) in [6.07, 6.45) is 1.70. The molecule has 114 valence electrons. The molecule has 0 radical (unpaired) electrons. The Bertz CT molecular complexity index is 637. The summed E-state index contributed by atoms with van der Waals surface area (Å²) < 4.78 is 7.36. The number of alkyl halides is 1. The molecule has 2 aromatic rings. The predicted molar refractivity (Wildman–Crippen MR) is 89.8 cm³/mol. The zero-order valence-corrected chi connectivity index (χ0v) is 15.2. The fraction of sp³-hybridized carbons (Fsp3) is 0.500. The zero-order chi connectivity index (χ0) is 15.5. The van der Waals surface area contributed by atoms with E-state index in [1.165, 1.54) is 0 Å². The van der Waals surface area contributed by atoms with Crippen LogP contribution in [0.1, 0.15) is 10.5 Å². The highest BCUT2D eigenvalue weighted by Crippen LogP contribution is 2.17. The van der Waals surface area contributed by atoms with E-state index in [1.807, 2.05) is 12.1 Å². The number of nitrogens with zero attached hydrogens (tertiary/aromatic N) is 3. The van der Waals surface area contributed by atoms with Gasteiger partial charge in [0.1, 0.15) is 12.4 Å². The molecule has 0 aliphatic carbocycles. The van der Waals surface area contributed by atoms with Crippen molar-refractivity contribution in [2.45, 2.75) is 32.4 Å². The smallest absolute Gasteiger partial charge is 0.194 e. The summed E-state index contributed by atoms with van der Waals surface area (Å²) in [5, 5.41) is 5.38. The number of ketones is 1. The van der Waals surface area contributed by atoms with Crippen LogP contribution >= 0.6 is 15.9 Å². The minimum Gasteiger partial charge on any atom is -0.359 e. The normalized spacial score (nSPS) is 12.0. The molecule has 7 heteroatoms. The van der Waals surface area contributed by atoms with Gasteiger partial charge in [-0.25, -0.2) is 9.67 Å². The van der Waals surface area contributed by atoms with Crippen molar-refractivity contribution in [2.24, 2.45) is 0 Å². The first-order valence-corrected chi connectivity index (χ1v) is 11.7. The summed E-state index contributed by atoms with van der Waals surface area (Å²) in [5.74, 6) is -0.0474. The summed E-state index contributed by atoms with van der Waals surface area (Å²) in [6.45, 7) is 7.98. The van der Waals surface area contributed by atoms with Crippen molar-refractivity contribution in [3.63, 3.8) is 0 Å². The number of rotatable bonds is 7. The number of hydrogen-bond donors (Lipinski definition) is 0. The first-order valence-electron chi connectivity index (χ1n) is 6.91. The number of halogens is 1. The monoisotopic (exact) mass is 369 g/mol. The van der Waals surface area contributed by atoms with Crippen LogP contribution in [0, 0.1) is 0 Å². The van der Waals surface area contributed by atoms with E-state index in [-0.39, 0.29) is 11.1 Å². The number of carbonyl (C=O) groups is 1. The Labute approximate surface area is 133 Å². The molecule has 0 atom stereocenters. The number of carbonyl (C=O) groups excluding carboxylic acids is 1. The molecule has 0 saturated heterocycles. The van der Waals surface area contributed by atoms with Crippen LogP contribution in [0.25, 0.3) is 11.0 Å². The SMILES string of the molecule is C[Si](C)(C)CCOCn1nc(C(=O)CBr)c2cccnc21. The molecule has 0 bridgehead atoms. The molecular weight excluding hydrogens is 350 g/mol. The first-order chi connectivity index (χ1) is 9.92. The van der Waals surface area contributed by atoms with Crippen molar-refractivity contribution in [1.82, 2.24) is 14.8 Å². The van der Waals surface area contributed by atoms with Crippen molar-refractivity contribution in [3.8, 4) is 0 Å². The second kappa shape index (κ2) is 6.80. The van der Waals surface area contributed by atoms with E-state index in [4.69, 9.17) is 4.74 Å². The summed E-state index contributed by atoms with van der Waals surface area (Å²) in [4.78, 5) is 16.2. The van der Waals surface area contributed by atoms with Crippen molar-refractivity contribution in [2.75, 3.05) is 11.9 Å². The quantitative estimate of drug-likeness (QED) is 0.325. The predicted octanol–water partition coefficient (Wildman–Crippen LogP) is 3.32. The maximum absolute atomic E-state index is 11.9. The van der Waals surface area contributed by atoms with E-state index >= 15 is 0 Å². The van der Waals surface area contributed by atoms with Crippen LogP contribution in [0.4, 0.5) is 0 Å². The van der Waals surface area contributed by atoms with E-state index in [0.29, 0.717) is 24.7 Å². The average molecular weight is 370 g/mol. The van der Waals surface area contributed by atoms with Gasteiger partial charge in [-0.1, -0.05) is 35.6 Å². The molecule has 0 unspecified atom stereocenters. The number of pyridine rings is 1. The molecule has 21 heavy (non-hydrogen) atoms. The van der Waals surface area contributed by atoms with Crippen LogP contribution in [-0.2, 0) is 11.5 Å². The van der Waals surface area contributed by atoms with Gasteiger partial charge in [0.25, 0.3) is 0 Å². The van der Waals surface area contributed by atoms with Crippen LogP contribution in [0.2, 0.25) is 25.7 Å². The Hall–Kier alpha value is -1.05. The molecule has 0 fully saturated rings. The molecule has 0 spiro atoms. The third-order valence-electron chi connectivity index (χ3n) is 3.10. The average Bonchev–Trinajstić information content (AvgIpc) is 2.81. The number of Topliss-reactive ketones (excluding diaryl/α,β-unsaturated/α-hetero) is 1. The summed E-state index contributed by atoms with van der Waals surface area (Å²) in [5.41, 5.74) is 1.14. The molecule has 0 saturated carbocycles. The minimum atomic E-state index is -1.10. The highest BCUT2D eigenvalue weighted by molar-refractivity contribution is 9.09. The lowest BCUT2D eigenvalue weighted by molar-refractivity contribution is 0.0805. The van der Waals surface area contributed by atoms with Gasteiger partial charge in [-0.3, -0.25) is 4.79 Å². The van der Waals surface area contributed by atoms with Gasteiger partial charge in [0.2, 0.25) is 0 Å². The van der Waals surface area contributed by atoms with Gasteiger partial charge in [-0.05, 0) is 18.2 Å². The van der Waals surface area contributed by atoms with E-state index in [0.717, 1.165) is 11.4 Å². The Balaban J connectivity index is 2.15.